The van der Waals surface area contributed by atoms with Crippen LogP contribution >= 0.6 is 58.0 Å². The third-order valence-electron chi connectivity index (χ3n) is 0.556. The van der Waals surface area contributed by atoms with Gasteiger partial charge >= 0.3 is 5.97 Å². The summed E-state index contributed by atoms with van der Waals surface area (Å²) in [5.74, 6) is -0.834. The molecule has 0 aliphatic rings. The van der Waals surface area contributed by atoms with Crippen LogP contribution in [0.1, 0.15) is 0 Å². The van der Waals surface area contributed by atoms with Crippen LogP contribution in [0, 0.1) is 0 Å². The summed E-state index contributed by atoms with van der Waals surface area (Å²) >= 11 is 26.0. The van der Waals surface area contributed by atoms with Crippen molar-refractivity contribution in [2.75, 3.05) is 6.61 Å². The quantitative estimate of drug-likeness (QED) is 0.563. The summed E-state index contributed by atoms with van der Waals surface area (Å²) in [6.45, 7) is -0.369. The zero-order chi connectivity index (χ0) is 9.07. The number of rotatable bonds is 2. The van der Waals surface area contributed by atoms with E-state index in [1.807, 2.05) is 0 Å². The first-order valence-electron chi connectivity index (χ1n) is 2.34. The number of carbonyl (C=O) groups is 1. The van der Waals surface area contributed by atoms with Crippen LogP contribution in [-0.2, 0) is 9.53 Å². The van der Waals surface area contributed by atoms with Crippen molar-refractivity contribution >= 4 is 64.0 Å². The number of carbonyl (C=O) groups excluding carboxylic acids is 1. The summed E-state index contributed by atoms with van der Waals surface area (Å²) in [5.41, 5.74) is 0. The summed E-state index contributed by atoms with van der Waals surface area (Å²) < 4.78 is 2.74. The molecule has 0 aromatic rings. The molecule has 0 aromatic heterocycles. The maximum Gasteiger partial charge on any atom is 0.339 e. The van der Waals surface area contributed by atoms with Crippen molar-refractivity contribution < 1.29 is 9.53 Å². The van der Waals surface area contributed by atoms with Gasteiger partial charge in [0.25, 0.3) is 0 Å². The van der Waals surface area contributed by atoms with Crippen LogP contribution < -0.4 is 0 Å². The molecule has 0 spiro atoms. The minimum Gasteiger partial charge on any atom is -0.459 e. The second kappa shape index (κ2) is 4.83. The highest BCUT2D eigenvalue weighted by Gasteiger charge is 2.23. The topological polar surface area (TPSA) is 26.3 Å². The van der Waals surface area contributed by atoms with Gasteiger partial charge in [0.15, 0.2) is 0 Å². The molecule has 0 fully saturated rings. The first-order valence-corrected chi connectivity index (χ1v) is 4.35. The molecule has 0 bridgehead atoms. The average Bonchev–Trinajstić information content (AvgIpc) is 1.80. The smallest absolute Gasteiger partial charge is 0.339 e. The Morgan fingerprint density at radius 3 is 2.09 bits per heavy atom. The maximum absolute atomic E-state index is 10.5. The lowest BCUT2D eigenvalue weighted by molar-refractivity contribution is -0.141. The Bertz CT molecular complexity index is 140. The van der Waals surface area contributed by atoms with Crippen molar-refractivity contribution in [3.05, 3.63) is 0 Å². The number of halogens is 5. The SMILES string of the molecule is O=C(OCC(Cl)(Cl)Cl)C(Cl)Cl. The third kappa shape index (κ3) is 7.29. The van der Waals surface area contributed by atoms with Crippen LogP contribution in [0.15, 0.2) is 0 Å². The Morgan fingerprint density at radius 2 is 1.82 bits per heavy atom. The number of ether oxygens (including phenoxy) is 1. The molecule has 0 unspecified atom stereocenters. The van der Waals surface area contributed by atoms with E-state index in [0.717, 1.165) is 0 Å². The lowest BCUT2D eigenvalue weighted by Crippen LogP contribution is -2.20. The van der Waals surface area contributed by atoms with Crippen molar-refractivity contribution in [3.8, 4) is 0 Å². The summed E-state index contributed by atoms with van der Waals surface area (Å²) in [7, 11) is 0. The van der Waals surface area contributed by atoms with E-state index in [4.69, 9.17) is 58.0 Å². The normalized spacial score (nSPS) is 11.8. The molecule has 66 valence electrons. The van der Waals surface area contributed by atoms with E-state index >= 15 is 0 Å². The van der Waals surface area contributed by atoms with E-state index in [0.29, 0.717) is 0 Å². The molecule has 0 amide bonds. The molecule has 0 aliphatic carbocycles. The fourth-order valence-corrected chi connectivity index (χ4v) is 0.506. The Hall–Kier alpha value is 0.920. The van der Waals surface area contributed by atoms with Gasteiger partial charge in [-0.25, -0.2) is 4.79 Å². The molecule has 0 rings (SSSR count). The molecule has 7 heteroatoms. The van der Waals surface area contributed by atoms with Gasteiger partial charge in [0, 0.05) is 0 Å². The second-order valence-corrected chi connectivity index (χ2v) is 5.14. The minimum absolute atomic E-state index is 0.369. The Labute approximate surface area is 88.6 Å². The number of alkyl halides is 5. The zero-order valence-corrected chi connectivity index (χ0v) is 8.77. The van der Waals surface area contributed by atoms with E-state index in [2.05, 4.69) is 4.74 Å². The number of hydrogen-bond acceptors (Lipinski definition) is 2. The van der Waals surface area contributed by atoms with E-state index < -0.39 is 14.6 Å². The Morgan fingerprint density at radius 1 is 1.36 bits per heavy atom. The van der Waals surface area contributed by atoms with Crippen LogP contribution in [-0.4, -0.2) is 21.2 Å². The van der Waals surface area contributed by atoms with E-state index in [9.17, 15) is 4.79 Å². The molecule has 11 heavy (non-hydrogen) atoms. The molecule has 0 N–H and O–H groups in total. The van der Waals surface area contributed by atoms with Gasteiger partial charge in [-0.1, -0.05) is 58.0 Å². The van der Waals surface area contributed by atoms with Gasteiger partial charge in [0.2, 0.25) is 8.63 Å². The largest absolute Gasteiger partial charge is 0.459 e. The third-order valence-corrected chi connectivity index (χ3v) is 1.24. The van der Waals surface area contributed by atoms with Gasteiger partial charge in [-0.05, 0) is 0 Å². The summed E-state index contributed by atoms with van der Waals surface area (Å²) in [6.07, 6.45) is 0. The van der Waals surface area contributed by atoms with Gasteiger partial charge in [-0.15, -0.1) is 0 Å². The minimum atomic E-state index is -1.63. The summed E-state index contributed by atoms with van der Waals surface area (Å²) in [5, 5.41) is 0. The predicted molar refractivity (Wildman–Crippen MR) is 46.7 cm³/mol. The second-order valence-electron chi connectivity index (χ2n) is 1.52. The molecule has 0 atom stereocenters. The van der Waals surface area contributed by atoms with Crippen LogP contribution in [0.3, 0.4) is 0 Å². The molecule has 0 aromatic carbocycles. The molecule has 0 saturated heterocycles. The van der Waals surface area contributed by atoms with E-state index in [-0.39, 0.29) is 6.61 Å². The van der Waals surface area contributed by atoms with Gasteiger partial charge in [-0.2, -0.15) is 0 Å². The van der Waals surface area contributed by atoms with Crippen molar-refractivity contribution in [3.63, 3.8) is 0 Å². The highest BCUT2D eigenvalue weighted by molar-refractivity contribution is 6.67. The van der Waals surface area contributed by atoms with Crippen molar-refractivity contribution in [2.24, 2.45) is 0 Å². The Balaban J connectivity index is 3.64. The van der Waals surface area contributed by atoms with Crippen LogP contribution in [0.5, 0.6) is 0 Å². The first-order chi connectivity index (χ1) is 4.83. The molecule has 0 aliphatic heterocycles. The first kappa shape index (κ1) is 11.9. The van der Waals surface area contributed by atoms with Crippen LogP contribution in [0.2, 0.25) is 0 Å². The highest BCUT2D eigenvalue weighted by Crippen LogP contribution is 2.26. The van der Waals surface area contributed by atoms with Gasteiger partial charge in [0.1, 0.15) is 6.61 Å². The fraction of sp³-hybridized carbons (Fsp3) is 0.750. The number of esters is 1. The molecular formula is C4H3Cl5O2. The molecular weight excluding hydrogens is 257 g/mol. The maximum atomic E-state index is 10.5. The molecule has 0 heterocycles. The highest BCUT2D eigenvalue weighted by atomic mass is 35.6. The molecule has 2 nitrogen and oxygen atoms in total. The summed E-state index contributed by atoms with van der Waals surface area (Å²) in [6, 6.07) is 0. The standard InChI is InChI=1S/C4H3Cl5O2/c5-2(6)3(10)11-1-4(7,8)9/h2H,1H2. The average molecular weight is 260 g/mol. The van der Waals surface area contributed by atoms with E-state index in [1.165, 1.54) is 0 Å². The van der Waals surface area contributed by atoms with Crippen molar-refractivity contribution in [1.29, 1.82) is 0 Å². The van der Waals surface area contributed by atoms with Gasteiger partial charge in [0.05, 0.1) is 0 Å². The number of hydrogen-bond donors (Lipinski definition) is 0. The van der Waals surface area contributed by atoms with E-state index in [1.54, 1.807) is 0 Å². The van der Waals surface area contributed by atoms with Gasteiger partial charge < -0.3 is 4.74 Å². The zero-order valence-electron chi connectivity index (χ0n) is 4.99. The monoisotopic (exact) mass is 258 g/mol. The fourth-order valence-electron chi connectivity index (χ4n) is 0.216. The molecule has 0 saturated carbocycles. The Kier molecular flexibility index (Phi) is 5.23. The van der Waals surface area contributed by atoms with Crippen LogP contribution in [0.25, 0.3) is 0 Å². The van der Waals surface area contributed by atoms with Crippen LogP contribution in [0.4, 0.5) is 0 Å². The van der Waals surface area contributed by atoms with Crippen molar-refractivity contribution in [2.45, 2.75) is 8.63 Å². The van der Waals surface area contributed by atoms with Crippen molar-refractivity contribution in [1.82, 2.24) is 0 Å². The predicted octanol–water partition coefficient (Wildman–Crippen LogP) is 2.70. The lowest BCUT2D eigenvalue weighted by Gasteiger charge is -2.10. The lowest BCUT2D eigenvalue weighted by atomic mass is 10.7. The molecule has 0 radical (unpaired) electrons. The van der Waals surface area contributed by atoms with Gasteiger partial charge in [-0.3, -0.25) is 0 Å². The summed E-state index contributed by atoms with van der Waals surface area (Å²) in [4.78, 5) is 9.28.